The second kappa shape index (κ2) is 5.40. The standard InChI is InChI=1S/C8H5ClO3.Na/c9-6-3-1-5(2-4-6)7(10)8(11)12;/h1-4H,(H,11,12);/q;+1/p-1. The Labute approximate surface area is 102 Å². The van der Waals surface area contributed by atoms with Gasteiger partial charge in [0, 0.05) is 10.6 Å². The molecule has 0 aliphatic heterocycles. The smallest absolute Gasteiger partial charge is 0.541 e. The maximum Gasteiger partial charge on any atom is 1.00 e. The maximum atomic E-state index is 10.8. The Morgan fingerprint density at radius 1 is 1.15 bits per heavy atom. The summed E-state index contributed by atoms with van der Waals surface area (Å²) in [6.45, 7) is 0. The van der Waals surface area contributed by atoms with E-state index in [-0.39, 0.29) is 35.1 Å². The Bertz CT molecular complexity index is 321. The van der Waals surface area contributed by atoms with Crippen molar-refractivity contribution >= 4 is 23.4 Å². The van der Waals surface area contributed by atoms with Gasteiger partial charge in [-0.25, -0.2) is 0 Å². The number of carboxylic acid groups (broad SMARTS) is 1. The molecule has 0 radical (unpaired) electrons. The molecular weight excluding hydrogens is 203 g/mol. The molecule has 0 saturated carbocycles. The largest absolute Gasteiger partial charge is 1.00 e. The van der Waals surface area contributed by atoms with Crippen molar-refractivity contribution in [1.29, 1.82) is 0 Å². The van der Waals surface area contributed by atoms with Crippen LogP contribution in [0.3, 0.4) is 0 Å². The summed E-state index contributed by atoms with van der Waals surface area (Å²) in [5.74, 6) is -2.75. The molecule has 1 aromatic carbocycles. The number of rotatable bonds is 2. The zero-order chi connectivity index (χ0) is 9.14. The van der Waals surface area contributed by atoms with Gasteiger partial charge in [0.1, 0.15) is 5.97 Å². The third kappa shape index (κ3) is 3.48. The Morgan fingerprint density at radius 2 is 1.62 bits per heavy atom. The van der Waals surface area contributed by atoms with Crippen LogP contribution < -0.4 is 34.7 Å². The van der Waals surface area contributed by atoms with Gasteiger partial charge in [0.15, 0.2) is 0 Å². The van der Waals surface area contributed by atoms with E-state index in [1.165, 1.54) is 24.3 Å². The second-order valence-corrected chi connectivity index (χ2v) is 2.56. The van der Waals surface area contributed by atoms with Crippen LogP contribution in [0.25, 0.3) is 0 Å². The van der Waals surface area contributed by atoms with Gasteiger partial charge in [-0.2, -0.15) is 0 Å². The summed E-state index contributed by atoms with van der Waals surface area (Å²) < 4.78 is 0. The molecule has 0 saturated heterocycles. The summed E-state index contributed by atoms with van der Waals surface area (Å²) in [5, 5.41) is 10.5. The summed E-state index contributed by atoms with van der Waals surface area (Å²) in [5.41, 5.74) is 0.0689. The molecule has 62 valence electrons. The number of ketones is 1. The molecule has 0 N–H and O–H groups in total. The molecule has 0 heterocycles. The van der Waals surface area contributed by atoms with Gasteiger partial charge in [-0.15, -0.1) is 0 Å². The molecule has 0 fully saturated rings. The van der Waals surface area contributed by atoms with Crippen molar-refractivity contribution in [2.45, 2.75) is 0 Å². The topological polar surface area (TPSA) is 57.2 Å². The first-order chi connectivity index (χ1) is 5.61. The number of hydrogen-bond donors (Lipinski definition) is 0. The van der Waals surface area contributed by atoms with Crippen molar-refractivity contribution in [3.05, 3.63) is 34.9 Å². The monoisotopic (exact) mass is 206 g/mol. The minimum absolute atomic E-state index is 0. The molecular formula is C8H4ClNaO3. The van der Waals surface area contributed by atoms with Crippen molar-refractivity contribution in [1.82, 2.24) is 0 Å². The molecule has 0 unspecified atom stereocenters. The molecule has 0 bridgehead atoms. The van der Waals surface area contributed by atoms with Crippen LogP contribution in [0.1, 0.15) is 10.4 Å². The van der Waals surface area contributed by atoms with Crippen LogP contribution in [-0.4, -0.2) is 11.8 Å². The number of Topliss-reactive ketones (excluding diaryl/α,β-unsaturated/α-hetero) is 1. The predicted molar refractivity (Wildman–Crippen MR) is 40.8 cm³/mol. The van der Waals surface area contributed by atoms with E-state index in [0.29, 0.717) is 5.02 Å². The Morgan fingerprint density at radius 3 is 2.00 bits per heavy atom. The molecule has 1 aromatic rings. The number of carbonyl (C=O) groups is 2. The van der Waals surface area contributed by atoms with E-state index < -0.39 is 11.8 Å². The number of carboxylic acids is 1. The molecule has 0 amide bonds. The van der Waals surface area contributed by atoms with E-state index in [4.69, 9.17) is 11.6 Å². The van der Waals surface area contributed by atoms with Crippen LogP contribution >= 0.6 is 11.6 Å². The van der Waals surface area contributed by atoms with E-state index in [9.17, 15) is 14.7 Å². The summed E-state index contributed by atoms with van der Waals surface area (Å²) in [6.07, 6.45) is 0. The van der Waals surface area contributed by atoms with Gasteiger partial charge in [0.05, 0.1) is 0 Å². The fourth-order valence-corrected chi connectivity index (χ4v) is 0.845. The normalized spacial score (nSPS) is 8.69. The van der Waals surface area contributed by atoms with E-state index >= 15 is 0 Å². The van der Waals surface area contributed by atoms with E-state index in [1.807, 2.05) is 0 Å². The number of carbonyl (C=O) groups excluding carboxylic acids is 2. The van der Waals surface area contributed by atoms with Crippen molar-refractivity contribution in [2.24, 2.45) is 0 Å². The maximum absolute atomic E-state index is 10.8. The third-order valence-electron chi connectivity index (χ3n) is 1.29. The Balaban J connectivity index is 0.00000144. The quantitative estimate of drug-likeness (QED) is 0.300. The van der Waals surface area contributed by atoms with Gasteiger partial charge in [0.2, 0.25) is 5.78 Å². The minimum atomic E-state index is -1.71. The number of hydrogen-bond acceptors (Lipinski definition) is 3. The molecule has 0 aliphatic carbocycles. The second-order valence-electron chi connectivity index (χ2n) is 2.12. The van der Waals surface area contributed by atoms with Gasteiger partial charge in [-0.3, -0.25) is 4.79 Å². The average molecular weight is 207 g/mol. The van der Waals surface area contributed by atoms with Gasteiger partial charge >= 0.3 is 29.6 Å². The minimum Gasteiger partial charge on any atom is -0.541 e. The summed E-state index contributed by atoms with van der Waals surface area (Å²) >= 11 is 5.52. The molecule has 3 nitrogen and oxygen atoms in total. The van der Waals surface area contributed by atoms with Crippen LogP contribution in [0.4, 0.5) is 0 Å². The van der Waals surface area contributed by atoms with Crippen LogP contribution in [0.5, 0.6) is 0 Å². The molecule has 1 rings (SSSR count). The fraction of sp³-hybridized carbons (Fsp3) is 0. The van der Waals surface area contributed by atoms with Crippen molar-refractivity contribution in [3.8, 4) is 0 Å². The fourth-order valence-electron chi connectivity index (χ4n) is 0.719. The first-order valence-electron chi connectivity index (χ1n) is 3.12. The van der Waals surface area contributed by atoms with Crippen LogP contribution in [0, 0.1) is 0 Å². The summed E-state index contributed by atoms with van der Waals surface area (Å²) in [7, 11) is 0. The van der Waals surface area contributed by atoms with Gasteiger partial charge in [0.25, 0.3) is 0 Å². The first-order valence-corrected chi connectivity index (χ1v) is 3.50. The van der Waals surface area contributed by atoms with Crippen molar-refractivity contribution in [3.63, 3.8) is 0 Å². The predicted octanol–water partition coefficient (Wildman–Crippen LogP) is -2.72. The number of halogens is 1. The number of aliphatic carboxylic acids is 1. The average Bonchev–Trinajstić information content (AvgIpc) is 2.04. The van der Waals surface area contributed by atoms with Crippen LogP contribution in [0.15, 0.2) is 24.3 Å². The summed E-state index contributed by atoms with van der Waals surface area (Å²) in [6, 6.07) is 5.55. The van der Waals surface area contributed by atoms with Crippen LogP contribution in [0.2, 0.25) is 5.02 Å². The van der Waals surface area contributed by atoms with Crippen molar-refractivity contribution < 1.29 is 44.3 Å². The van der Waals surface area contributed by atoms with Gasteiger partial charge in [-0.05, 0) is 24.3 Å². The molecule has 0 aromatic heterocycles. The van der Waals surface area contributed by atoms with E-state index in [1.54, 1.807) is 0 Å². The SMILES string of the molecule is O=C([O-])C(=O)c1ccc(Cl)cc1.[Na+]. The molecule has 0 atom stereocenters. The summed E-state index contributed by atoms with van der Waals surface area (Å²) in [4.78, 5) is 20.8. The first kappa shape index (κ1) is 12.7. The van der Waals surface area contributed by atoms with Crippen LogP contribution in [-0.2, 0) is 4.79 Å². The van der Waals surface area contributed by atoms with Gasteiger partial charge in [-0.1, -0.05) is 11.6 Å². The zero-order valence-electron chi connectivity index (χ0n) is 6.91. The Kier molecular flexibility index (Phi) is 5.25. The molecule has 13 heavy (non-hydrogen) atoms. The molecule has 5 heteroatoms. The van der Waals surface area contributed by atoms with E-state index in [0.717, 1.165) is 0 Å². The Hall–Kier alpha value is -0.350. The van der Waals surface area contributed by atoms with Gasteiger partial charge < -0.3 is 9.90 Å². The molecule has 0 aliphatic rings. The molecule has 0 spiro atoms. The van der Waals surface area contributed by atoms with E-state index in [2.05, 4.69) is 0 Å². The third-order valence-corrected chi connectivity index (χ3v) is 1.54. The van der Waals surface area contributed by atoms with Crippen molar-refractivity contribution in [2.75, 3.05) is 0 Å². The number of benzene rings is 1. The zero-order valence-corrected chi connectivity index (χ0v) is 9.67.